The lowest BCUT2D eigenvalue weighted by Crippen LogP contribution is -2.35. The van der Waals surface area contributed by atoms with Gasteiger partial charge >= 0.3 is 0 Å². The largest absolute Gasteiger partial charge is 0.383 e. The molecular formula is C25H32ClN7O2. The molecule has 0 amide bonds. The van der Waals surface area contributed by atoms with Gasteiger partial charge in [0.25, 0.3) is 0 Å². The quantitative estimate of drug-likeness (QED) is 0.495. The molecule has 10 heteroatoms. The van der Waals surface area contributed by atoms with Crippen LogP contribution in [0.1, 0.15) is 38.5 Å². The summed E-state index contributed by atoms with van der Waals surface area (Å²) in [7, 11) is 1.72. The first-order valence-electron chi connectivity index (χ1n) is 12.1. The maximum absolute atomic E-state index is 9.69. The van der Waals surface area contributed by atoms with Gasteiger partial charge in [-0.05, 0) is 50.7 Å². The van der Waals surface area contributed by atoms with Crippen molar-refractivity contribution in [3.8, 4) is 17.5 Å². The van der Waals surface area contributed by atoms with Crippen LogP contribution in [0, 0.1) is 16.7 Å². The third kappa shape index (κ3) is 6.95. The first-order valence-corrected chi connectivity index (χ1v) is 12.5. The number of aromatic nitrogens is 3. The molecule has 2 aromatic heterocycles. The van der Waals surface area contributed by atoms with E-state index < -0.39 is 5.41 Å². The van der Waals surface area contributed by atoms with Crippen LogP contribution in [-0.4, -0.2) is 66.7 Å². The van der Waals surface area contributed by atoms with Crippen molar-refractivity contribution in [1.82, 2.24) is 20.3 Å². The topological polar surface area (TPSA) is 117 Å². The molecule has 2 aromatic rings. The summed E-state index contributed by atoms with van der Waals surface area (Å²) in [6.07, 6.45) is 8.68. The second-order valence-electron chi connectivity index (χ2n) is 9.05. The van der Waals surface area contributed by atoms with E-state index in [0.717, 1.165) is 44.5 Å². The highest BCUT2D eigenvalue weighted by molar-refractivity contribution is 6.33. The number of hydrogen-bond acceptors (Lipinski definition) is 9. The van der Waals surface area contributed by atoms with Gasteiger partial charge in [0.15, 0.2) is 11.6 Å². The van der Waals surface area contributed by atoms with Gasteiger partial charge < -0.3 is 20.1 Å². The average molecular weight is 498 g/mol. The standard InChI is InChI=1S/C25H32ClN7O2/c1-34-13-10-28-18-2-4-19(5-3-18)32-23-14-20(21(26)15-30-23)24-29-9-6-22(33-24)31-17-25(16-27)7-11-35-12-8-25/h6,9,14-15,18,28H,2-5,7-8,10-13,17H2,1H3,(H,29,31,33). The first kappa shape index (κ1) is 25.5. The Morgan fingerprint density at radius 3 is 2.83 bits per heavy atom. The number of ether oxygens (including phenoxy) is 2. The zero-order valence-electron chi connectivity index (χ0n) is 20.1. The Bertz CT molecular complexity index is 1060. The second kappa shape index (κ2) is 12.4. The van der Waals surface area contributed by atoms with Crippen molar-refractivity contribution in [3.05, 3.63) is 29.5 Å². The number of hydrogen-bond donors (Lipinski definition) is 2. The second-order valence-corrected chi connectivity index (χ2v) is 9.45. The van der Waals surface area contributed by atoms with Crippen LogP contribution < -0.4 is 10.6 Å². The average Bonchev–Trinajstić information content (AvgIpc) is 2.90. The van der Waals surface area contributed by atoms with Crippen LogP contribution in [0.25, 0.3) is 11.4 Å². The Morgan fingerprint density at radius 1 is 1.29 bits per heavy atom. The van der Waals surface area contributed by atoms with Crippen molar-refractivity contribution in [2.75, 3.05) is 45.3 Å². The molecule has 35 heavy (non-hydrogen) atoms. The maximum atomic E-state index is 9.69. The van der Waals surface area contributed by atoms with Crippen LogP contribution in [-0.2, 0) is 9.47 Å². The van der Waals surface area contributed by atoms with Crippen molar-refractivity contribution in [3.63, 3.8) is 0 Å². The highest BCUT2D eigenvalue weighted by Crippen LogP contribution is 2.31. The van der Waals surface area contributed by atoms with Gasteiger partial charge in [-0.2, -0.15) is 5.26 Å². The molecule has 2 N–H and O–H groups in total. The third-order valence-electron chi connectivity index (χ3n) is 6.61. The summed E-state index contributed by atoms with van der Waals surface area (Å²) in [6.45, 7) is 3.31. The first-order chi connectivity index (χ1) is 17.1. The van der Waals surface area contributed by atoms with Gasteiger partial charge in [-0.25, -0.2) is 19.9 Å². The Kier molecular flexibility index (Phi) is 8.99. The predicted molar refractivity (Wildman–Crippen MR) is 136 cm³/mol. The Hall–Kier alpha value is -2.64. The molecule has 0 unspecified atom stereocenters. The van der Waals surface area contributed by atoms with E-state index in [1.54, 1.807) is 25.6 Å². The fourth-order valence-corrected chi connectivity index (χ4v) is 4.58. The molecular weight excluding hydrogens is 466 g/mol. The summed E-state index contributed by atoms with van der Waals surface area (Å²) < 4.78 is 10.5. The molecule has 0 bridgehead atoms. The molecule has 0 spiro atoms. The van der Waals surface area contributed by atoms with Crippen molar-refractivity contribution >= 4 is 28.9 Å². The minimum absolute atomic E-state index is 0.445. The lowest BCUT2D eigenvalue weighted by molar-refractivity contribution is 0.0455. The molecule has 2 fully saturated rings. The zero-order valence-corrected chi connectivity index (χ0v) is 20.9. The fourth-order valence-electron chi connectivity index (χ4n) is 4.39. The van der Waals surface area contributed by atoms with Gasteiger partial charge in [-0.3, -0.25) is 0 Å². The highest BCUT2D eigenvalue weighted by Gasteiger charge is 2.32. The number of nitrogens with one attached hydrogen (secondary N) is 2. The van der Waals surface area contributed by atoms with E-state index in [1.807, 2.05) is 6.07 Å². The van der Waals surface area contributed by atoms with Crippen LogP contribution in [0.3, 0.4) is 0 Å². The summed E-state index contributed by atoms with van der Waals surface area (Å²) in [5.41, 5.74) is 1.38. The maximum Gasteiger partial charge on any atom is 0.163 e. The Labute approximate surface area is 211 Å². The molecule has 1 saturated carbocycles. The Balaban J connectivity index is 1.42. The number of nitrogens with zero attached hydrogens (tertiary/aromatic N) is 5. The van der Waals surface area contributed by atoms with E-state index in [9.17, 15) is 5.26 Å². The van der Waals surface area contributed by atoms with Crippen molar-refractivity contribution < 1.29 is 9.47 Å². The van der Waals surface area contributed by atoms with E-state index in [1.165, 1.54) is 0 Å². The van der Waals surface area contributed by atoms with Gasteiger partial charge in [0.05, 0.1) is 23.1 Å². The molecule has 3 heterocycles. The number of nitriles is 1. The van der Waals surface area contributed by atoms with Crippen LogP contribution in [0.4, 0.5) is 11.6 Å². The lowest BCUT2D eigenvalue weighted by atomic mass is 9.82. The van der Waals surface area contributed by atoms with E-state index in [-0.39, 0.29) is 0 Å². The molecule has 2 aliphatic rings. The van der Waals surface area contributed by atoms with Gasteiger partial charge in [0, 0.05) is 63.1 Å². The fraction of sp³-hybridized carbons (Fsp3) is 0.560. The van der Waals surface area contributed by atoms with Gasteiger partial charge in [0.2, 0.25) is 0 Å². The molecule has 0 atom stereocenters. The van der Waals surface area contributed by atoms with Crippen LogP contribution in [0.15, 0.2) is 29.5 Å². The number of halogens is 1. The summed E-state index contributed by atoms with van der Waals surface area (Å²) in [6, 6.07) is 6.60. The van der Waals surface area contributed by atoms with E-state index in [0.29, 0.717) is 66.7 Å². The number of anilines is 1. The number of rotatable bonds is 9. The molecule has 1 saturated heterocycles. The molecule has 0 radical (unpaired) electrons. The van der Waals surface area contributed by atoms with Crippen LogP contribution in [0.5, 0.6) is 0 Å². The van der Waals surface area contributed by atoms with E-state index in [4.69, 9.17) is 26.1 Å². The molecule has 0 aromatic carbocycles. The normalized spacial score (nSPS) is 19.7. The van der Waals surface area contributed by atoms with Crippen LogP contribution >= 0.6 is 11.6 Å². The molecule has 186 valence electrons. The van der Waals surface area contributed by atoms with Gasteiger partial charge in [0.1, 0.15) is 5.82 Å². The van der Waals surface area contributed by atoms with Crippen LogP contribution in [0.2, 0.25) is 5.02 Å². The van der Waals surface area contributed by atoms with Gasteiger partial charge in [-0.15, -0.1) is 0 Å². The molecule has 1 aliphatic carbocycles. The summed E-state index contributed by atoms with van der Waals surface area (Å²) in [5, 5.41) is 17.0. The van der Waals surface area contributed by atoms with E-state index in [2.05, 4.69) is 31.7 Å². The molecule has 9 nitrogen and oxygen atoms in total. The number of methoxy groups -OCH3 is 1. The smallest absolute Gasteiger partial charge is 0.163 e. The minimum Gasteiger partial charge on any atom is -0.383 e. The monoisotopic (exact) mass is 497 g/mol. The van der Waals surface area contributed by atoms with Crippen molar-refractivity contribution in [2.24, 2.45) is 10.4 Å². The highest BCUT2D eigenvalue weighted by atomic mass is 35.5. The minimum atomic E-state index is -0.445. The lowest BCUT2D eigenvalue weighted by Gasteiger charge is -2.30. The van der Waals surface area contributed by atoms with Gasteiger partial charge in [-0.1, -0.05) is 11.6 Å². The summed E-state index contributed by atoms with van der Waals surface area (Å²) in [4.78, 5) is 18.3. The SMILES string of the molecule is COCCNC1CCC(=Nc2cc(-c3nccc(NCC4(C#N)CCOCC4)n3)c(Cl)cn2)CC1. The number of pyridine rings is 1. The molecule has 4 rings (SSSR count). The van der Waals surface area contributed by atoms with E-state index >= 15 is 0 Å². The third-order valence-corrected chi connectivity index (χ3v) is 6.91. The summed E-state index contributed by atoms with van der Waals surface area (Å²) >= 11 is 6.46. The number of aliphatic imine (C=N–C) groups is 1. The van der Waals surface area contributed by atoms with Crippen molar-refractivity contribution in [1.29, 1.82) is 5.26 Å². The Morgan fingerprint density at radius 2 is 2.09 bits per heavy atom. The summed E-state index contributed by atoms with van der Waals surface area (Å²) in [5.74, 6) is 1.75. The molecule has 1 aliphatic heterocycles. The predicted octanol–water partition coefficient (Wildman–Crippen LogP) is 4.18. The zero-order chi connectivity index (χ0) is 24.5. The van der Waals surface area contributed by atoms with Crippen molar-refractivity contribution in [2.45, 2.75) is 44.6 Å².